The fourth-order valence-corrected chi connectivity index (χ4v) is 2.54. The SMILES string of the molecule is C=CCCC(CSc1ccc(Cl)cc1)NC. The molecule has 0 aliphatic heterocycles. The number of hydrogen-bond acceptors (Lipinski definition) is 2. The zero-order valence-electron chi connectivity index (χ0n) is 9.58. The summed E-state index contributed by atoms with van der Waals surface area (Å²) in [5.74, 6) is 1.08. The van der Waals surface area contributed by atoms with Crippen molar-refractivity contribution < 1.29 is 0 Å². The van der Waals surface area contributed by atoms with E-state index in [1.807, 2.05) is 37.0 Å². The van der Waals surface area contributed by atoms with Gasteiger partial charge in [0.15, 0.2) is 0 Å². The van der Waals surface area contributed by atoms with Gasteiger partial charge in [0, 0.05) is 21.7 Å². The van der Waals surface area contributed by atoms with Crippen LogP contribution in [0.5, 0.6) is 0 Å². The van der Waals surface area contributed by atoms with E-state index in [1.165, 1.54) is 4.90 Å². The molecule has 88 valence electrons. The molecule has 0 radical (unpaired) electrons. The van der Waals surface area contributed by atoms with Gasteiger partial charge in [-0.05, 0) is 44.2 Å². The van der Waals surface area contributed by atoms with E-state index in [9.17, 15) is 0 Å². The number of benzene rings is 1. The first kappa shape index (κ1) is 13.6. The summed E-state index contributed by atoms with van der Waals surface area (Å²) < 4.78 is 0. The van der Waals surface area contributed by atoms with Crippen LogP contribution in [0, 0.1) is 0 Å². The molecule has 0 aliphatic rings. The molecule has 3 heteroatoms. The van der Waals surface area contributed by atoms with Crippen molar-refractivity contribution >= 4 is 23.4 Å². The molecule has 0 aliphatic carbocycles. The van der Waals surface area contributed by atoms with Gasteiger partial charge in [0.05, 0.1) is 0 Å². The molecule has 0 bridgehead atoms. The van der Waals surface area contributed by atoms with Gasteiger partial charge in [-0.15, -0.1) is 18.3 Å². The van der Waals surface area contributed by atoms with Crippen LogP contribution >= 0.6 is 23.4 Å². The average molecular weight is 256 g/mol. The minimum absolute atomic E-state index is 0.540. The minimum atomic E-state index is 0.540. The number of allylic oxidation sites excluding steroid dienone is 1. The fraction of sp³-hybridized carbons (Fsp3) is 0.385. The highest BCUT2D eigenvalue weighted by Crippen LogP contribution is 2.21. The monoisotopic (exact) mass is 255 g/mol. The number of hydrogen-bond donors (Lipinski definition) is 1. The van der Waals surface area contributed by atoms with Gasteiger partial charge in [-0.2, -0.15) is 0 Å². The minimum Gasteiger partial charge on any atom is -0.316 e. The highest BCUT2D eigenvalue weighted by Gasteiger charge is 2.05. The van der Waals surface area contributed by atoms with Crippen molar-refractivity contribution in [1.82, 2.24) is 5.32 Å². The molecule has 16 heavy (non-hydrogen) atoms. The molecule has 1 aromatic carbocycles. The Kier molecular flexibility index (Phi) is 6.62. The van der Waals surface area contributed by atoms with E-state index in [1.54, 1.807) is 0 Å². The maximum Gasteiger partial charge on any atom is 0.0406 e. The second-order valence-corrected chi connectivity index (χ2v) is 5.15. The van der Waals surface area contributed by atoms with E-state index in [4.69, 9.17) is 11.6 Å². The van der Waals surface area contributed by atoms with Crippen molar-refractivity contribution in [2.45, 2.75) is 23.8 Å². The molecule has 0 amide bonds. The first-order valence-electron chi connectivity index (χ1n) is 5.42. The van der Waals surface area contributed by atoms with Crippen LogP contribution in [0.3, 0.4) is 0 Å². The van der Waals surface area contributed by atoms with E-state index < -0.39 is 0 Å². The van der Waals surface area contributed by atoms with Crippen molar-refractivity contribution in [3.63, 3.8) is 0 Å². The van der Waals surface area contributed by atoms with E-state index in [0.29, 0.717) is 6.04 Å². The molecular weight excluding hydrogens is 238 g/mol. The third-order valence-electron chi connectivity index (χ3n) is 2.39. The summed E-state index contributed by atoms with van der Waals surface area (Å²) in [4.78, 5) is 1.27. The van der Waals surface area contributed by atoms with Gasteiger partial charge in [-0.1, -0.05) is 17.7 Å². The largest absolute Gasteiger partial charge is 0.316 e. The van der Waals surface area contributed by atoms with Gasteiger partial charge < -0.3 is 5.32 Å². The Balaban J connectivity index is 2.36. The highest BCUT2D eigenvalue weighted by molar-refractivity contribution is 7.99. The molecule has 1 atom stereocenters. The number of nitrogens with one attached hydrogen (secondary N) is 1. The van der Waals surface area contributed by atoms with Crippen LogP contribution in [-0.4, -0.2) is 18.8 Å². The summed E-state index contributed by atoms with van der Waals surface area (Å²) in [6, 6.07) is 8.53. The van der Waals surface area contributed by atoms with Crippen molar-refractivity contribution in [2.75, 3.05) is 12.8 Å². The Hall–Kier alpha value is -0.440. The molecule has 0 aromatic heterocycles. The van der Waals surface area contributed by atoms with Gasteiger partial charge in [-0.25, -0.2) is 0 Å². The molecule has 0 saturated heterocycles. The van der Waals surface area contributed by atoms with Crippen molar-refractivity contribution in [3.8, 4) is 0 Å². The van der Waals surface area contributed by atoms with Crippen LogP contribution in [-0.2, 0) is 0 Å². The van der Waals surface area contributed by atoms with E-state index in [2.05, 4.69) is 24.0 Å². The predicted molar refractivity (Wildman–Crippen MR) is 74.5 cm³/mol. The number of rotatable bonds is 7. The van der Waals surface area contributed by atoms with Crippen LogP contribution in [0.15, 0.2) is 41.8 Å². The average Bonchev–Trinajstić information content (AvgIpc) is 2.32. The van der Waals surface area contributed by atoms with Gasteiger partial charge in [0.1, 0.15) is 0 Å². The molecule has 0 heterocycles. The standard InChI is InChI=1S/C13H18ClNS/c1-3-4-5-12(15-2)10-16-13-8-6-11(14)7-9-13/h3,6-9,12,15H,1,4-5,10H2,2H3. The lowest BCUT2D eigenvalue weighted by atomic mass is 10.2. The highest BCUT2D eigenvalue weighted by atomic mass is 35.5. The Labute approximate surface area is 107 Å². The molecule has 0 saturated carbocycles. The molecule has 1 unspecified atom stereocenters. The predicted octanol–water partition coefficient (Wildman–Crippen LogP) is 3.99. The van der Waals surface area contributed by atoms with Gasteiger partial charge in [0.2, 0.25) is 0 Å². The molecular formula is C13H18ClNS. The summed E-state index contributed by atoms with van der Waals surface area (Å²) in [7, 11) is 2.01. The van der Waals surface area contributed by atoms with E-state index in [0.717, 1.165) is 23.6 Å². The van der Waals surface area contributed by atoms with Gasteiger partial charge in [-0.3, -0.25) is 0 Å². The lowest BCUT2D eigenvalue weighted by Crippen LogP contribution is -2.27. The smallest absolute Gasteiger partial charge is 0.0406 e. The normalized spacial score (nSPS) is 12.4. The van der Waals surface area contributed by atoms with Crippen LogP contribution in [0.4, 0.5) is 0 Å². The zero-order chi connectivity index (χ0) is 11.8. The summed E-state index contributed by atoms with van der Waals surface area (Å²) in [5.41, 5.74) is 0. The molecule has 1 N–H and O–H groups in total. The second-order valence-electron chi connectivity index (χ2n) is 3.62. The van der Waals surface area contributed by atoms with Crippen LogP contribution < -0.4 is 5.32 Å². The van der Waals surface area contributed by atoms with Crippen molar-refractivity contribution in [1.29, 1.82) is 0 Å². The Morgan fingerprint density at radius 2 is 2.12 bits per heavy atom. The fourth-order valence-electron chi connectivity index (χ4n) is 1.36. The molecule has 1 rings (SSSR count). The molecule has 0 spiro atoms. The third kappa shape index (κ3) is 5.06. The number of halogens is 1. The lowest BCUT2D eigenvalue weighted by molar-refractivity contribution is 0.579. The van der Waals surface area contributed by atoms with E-state index >= 15 is 0 Å². The Bertz CT molecular complexity index is 310. The molecule has 1 aromatic rings. The zero-order valence-corrected chi connectivity index (χ0v) is 11.2. The van der Waals surface area contributed by atoms with Crippen LogP contribution in [0.1, 0.15) is 12.8 Å². The van der Waals surface area contributed by atoms with Crippen LogP contribution in [0.2, 0.25) is 5.02 Å². The molecule has 0 fully saturated rings. The van der Waals surface area contributed by atoms with Crippen molar-refractivity contribution in [3.05, 3.63) is 41.9 Å². The summed E-state index contributed by atoms with van der Waals surface area (Å²) in [6.45, 7) is 3.75. The quantitative estimate of drug-likeness (QED) is 0.584. The summed E-state index contributed by atoms with van der Waals surface area (Å²) >= 11 is 7.69. The lowest BCUT2D eigenvalue weighted by Gasteiger charge is -2.14. The number of thioether (sulfide) groups is 1. The maximum absolute atomic E-state index is 5.84. The topological polar surface area (TPSA) is 12.0 Å². The Morgan fingerprint density at radius 1 is 1.44 bits per heavy atom. The first-order chi connectivity index (χ1) is 7.76. The van der Waals surface area contributed by atoms with Crippen LogP contribution in [0.25, 0.3) is 0 Å². The van der Waals surface area contributed by atoms with Gasteiger partial charge in [0.25, 0.3) is 0 Å². The Morgan fingerprint density at radius 3 is 2.69 bits per heavy atom. The molecule has 1 nitrogen and oxygen atoms in total. The first-order valence-corrected chi connectivity index (χ1v) is 6.79. The van der Waals surface area contributed by atoms with Crippen molar-refractivity contribution in [2.24, 2.45) is 0 Å². The third-order valence-corrected chi connectivity index (χ3v) is 3.82. The summed E-state index contributed by atoms with van der Waals surface area (Å²) in [5, 5.41) is 4.12. The van der Waals surface area contributed by atoms with E-state index in [-0.39, 0.29) is 0 Å². The summed E-state index contributed by atoms with van der Waals surface area (Å²) in [6.07, 6.45) is 4.17. The van der Waals surface area contributed by atoms with Gasteiger partial charge >= 0.3 is 0 Å². The second kappa shape index (κ2) is 7.77. The maximum atomic E-state index is 5.84.